The SMILES string of the molecule is Cn1nccc1CCNC(=O)C1CCc2sc(-c3ccncc3)nc2C1. The lowest BCUT2D eigenvalue weighted by molar-refractivity contribution is -0.125. The van der Waals surface area contributed by atoms with Gasteiger partial charge in [0.1, 0.15) is 5.01 Å². The Labute approximate surface area is 156 Å². The Morgan fingerprint density at radius 3 is 2.92 bits per heavy atom. The van der Waals surface area contributed by atoms with Gasteiger partial charge in [-0.2, -0.15) is 5.10 Å². The maximum absolute atomic E-state index is 12.5. The van der Waals surface area contributed by atoms with Gasteiger partial charge in [-0.05, 0) is 31.0 Å². The highest BCUT2D eigenvalue weighted by Gasteiger charge is 2.27. The fraction of sp³-hybridized carbons (Fsp3) is 0.368. The molecule has 3 heterocycles. The number of pyridine rings is 1. The number of hydrogen-bond donors (Lipinski definition) is 1. The van der Waals surface area contributed by atoms with Crippen LogP contribution in [0.3, 0.4) is 0 Å². The van der Waals surface area contributed by atoms with Gasteiger partial charge in [0.15, 0.2) is 0 Å². The minimum absolute atomic E-state index is 0.0152. The molecule has 4 rings (SSSR count). The molecule has 6 nitrogen and oxygen atoms in total. The molecule has 0 aromatic carbocycles. The molecule has 0 saturated heterocycles. The van der Waals surface area contributed by atoms with Gasteiger partial charge in [-0.15, -0.1) is 11.3 Å². The molecule has 1 N–H and O–H groups in total. The molecule has 1 unspecified atom stereocenters. The highest BCUT2D eigenvalue weighted by molar-refractivity contribution is 7.15. The summed E-state index contributed by atoms with van der Waals surface area (Å²) in [5, 5.41) is 8.25. The summed E-state index contributed by atoms with van der Waals surface area (Å²) in [6.45, 7) is 0.640. The average molecular weight is 367 g/mol. The summed E-state index contributed by atoms with van der Waals surface area (Å²) in [6, 6.07) is 5.94. The molecule has 1 amide bonds. The number of nitrogens with one attached hydrogen (secondary N) is 1. The number of carbonyl (C=O) groups excluding carboxylic acids is 1. The third-order valence-electron chi connectivity index (χ3n) is 4.84. The number of thiazole rings is 1. The van der Waals surface area contributed by atoms with Crippen molar-refractivity contribution >= 4 is 17.2 Å². The summed E-state index contributed by atoms with van der Waals surface area (Å²) in [7, 11) is 1.92. The number of hydrogen-bond acceptors (Lipinski definition) is 5. The zero-order chi connectivity index (χ0) is 17.9. The van der Waals surface area contributed by atoms with E-state index in [0.29, 0.717) is 6.54 Å². The quantitative estimate of drug-likeness (QED) is 0.752. The molecule has 7 heteroatoms. The van der Waals surface area contributed by atoms with Crippen LogP contribution in [0.5, 0.6) is 0 Å². The third-order valence-corrected chi connectivity index (χ3v) is 6.05. The van der Waals surface area contributed by atoms with Crippen molar-refractivity contribution in [1.29, 1.82) is 0 Å². The fourth-order valence-corrected chi connectivity index (χ4v) is 4.44. The lowest BCUT2D eigenvalue weighted by atomic mass is 9.90. The largest absolute Gasteiger partial charge is 0.355 e. The number of fused-ring (bicyclic) bond motifs is 1. The van der Waals surface area contributed by atoms with E-state index < -0.39 is 0 Å². The van der Waals surface area contributed by atoms with Crippen LogP contribution in [0, 0.1) is 5.92 Å². The maximum Gasteiger partial charge on any atom is 0.223 e. The Bertz CT molecular complexity index is 902. The van der Waals surface area contributed by atoms with Gasteiger partial charge in [0, 0.05) is 67.1 Å². The van der Waals surface area contributed by atoms with Gasteiger partial charge in [-0.25, -0.2) is 4.98 Å². The van der Waals surface area contributed by atoms with Crippen LogP contribution in [0.2, 0.25) is 0 Å². The molecular formula is C19H21N5OS. The minimum atomic E-state index is 0.0152. The number of nitrogens with zero attached hydrogens (tertiary/aromatic N) is 4. The van der Waals surface area contributed by atoms with Gasteiger partial charge in [-0.3, -0.25) is 14.5 Å². The number of amides is 1. The molecule has 0 fully saturated rings. The predicted octanol–water partition coefficient (Wildman–Crippen LogP) is 2.40. The van der Waals surface area contributed by atoms with Crippen LogP contribution in [0.15, 0.2) is 36.8 Å². The highest BCUT2D eigenvalue weighted by atomic mass is 32.1. The Morgan fingerprint density at radius 1 is 1.31 bits per heavy atom. The second-order valence-corrected chi connectivity index (χ2v) is 7.64. The van der Waals surface area contributed by atoms with Crippen molar-refractivity contribution in [2.24, 2.45) is 13.0 Å². The van der Waals surface area contributed by atoms with E-state index in [1.54, 1.807) is 29.9 Å². The van der Waals surface area contributed by atoms with E-state index in [1.165, 1.54) is 4.88 Å². The smallest absolute Gasteiger partial charge is 0.223 e. The minimum Gasteiger partial charge on any atom is -0.355 e. The van der Waals surface area contributed by atoms with Crippen molar-refractivity contribution in [2.45, 2.75) is 25.7 Å². The van der Waals surface area contributed by atoms with Crippen LogP contribution in [0.25, 0.3) is 10.6 Å². The lowest BCUT2D eigenvalue weighted by Crippen LogP contribution is -2.35. The van der Waals surface area contributed by atoms with E-state index in [-0.39, 0.29) is 11.8 Å². The van der Waals surface area contributed by atoms with Gasteiger partial charge >= 0.3 is 0 Å². The monoisotopic (exact) mass is 367 g/mol. The first-order valence-corrected chi connectivity index (χ1v) is 9.66. The summed E-state index contributed by atoms with van der Waals surface area (Å²) in [4.78, 5) is 22.7. The molecular weight excluding hydrogens is 346 g/mol. The number of carbonyl (C=O) groups is 1. The second kappa shape index (κ2) is 7.37. The van der Waals surface area contributed by atoms with Gasteiger partial charge in [0.05, 0.1) is 5.69 Å². The first kappa shape index (κ1) is 16.9. The molecule has 0 aliphatic heterocycles. The standard InChI is InChI=1S/C19H21N5OS/c1-24-15(7-11-22-24)6-10-21-18(25)14-2-3-17-16(12-14)23-19(26-17)13-4-8-20-9-5-13/h4-5,7-9,11,14H,2-3,6,10,12H2,1H3,(H,21,25). The van der Waals surface area contributed by atoms with E-state index in [2.05, 4.69) is 15.4 Å². The molecule has 3 aromatic rings. The average Bonchev–Trinajstić information content (AvgIpc) is 3.28. The lowest BCUT2D eigenvalue weighted by Gasteiger charge is -2.20. The van der Waals surface area contributed by atoms with Crippen molar-refractivity contribution in [3.05, 3.63) is 53.1 Å². The van der Waals surface area contributed by atoms with Crippen molar-refractivity contribution in [3.63, 3.8) is 0 Å². The molecule has 0 spiro atoms. The zero-order valence-corrected chi connectivity index (χ0v) is 15.5. The van der Waals surface area contributed by atoms with Crippen molar-refractivity contribution in [2.75, 3.05) is 6.54 Å². The predicted molar refractivity (Wildman–Crippen MR) is 101 cm³/mol. The second-order valence-electron chi connectivity index (χ2n) is 6.55. The Hall–Kier alpha value is -2.54. The first-order chi connectivity index (χ1) is 12.7. The molecule has 1 aliphatic rings. The van der Waals surface area contributed by atoms with Crippen LogP contribution in [0.1, 0.15) is 22.7 Å². The van der Waals surface area contributed by atoms with Gasteiger partial charge < -0.3 is 5.32 Å². The summed E-state index contributed by atoms with van der Waals surface area (Å²) in [6.07, 6.45) is 8.70. The maximum atomic E-state index is 12.5. The summed E-state index contributed by atoms with van der Waals surface area (Å²) >= 11 is 1.74. The van der Waals surface area contributed by atoms with Crippen LogP contribution in [-0.2, 0) is 31.1 Å². The van der Waals surface area contributed by atoms with Crippen LogP contribution < -0.4 is 5.32 Å². The fourth-order valence-electron chi connectivity index (χ4n) is 3.33. The molecule has 1 aliphatic carbocycles. The summed E-state index contributed by atoms with van der Waals surface area (Å²) in [5.74, 6) is 0.151. The Morgan fingerprint density at radius 2 is 2.15 bits per heavy atom. The van der Waals surface area contributed by atoms with E-state index in [1.807, 2.05) is 29.9 Å². The van der Waals surface area contributed by atoms with Gasteiger partial charge in [0.2, 0.25) is 5.91 Å². The van der Waals surface area contributed by atoms with Gasteiger partial charge in [0.25, 0.3) is 0 Å². The number of aromatic nitrogens is 4. The first-order valence-electron chi connectivity index (χ1n) is 8.84. The zero-order valence-electron chi connectivity index (χ0n) is 14.7. The molecule has 26 heavy (non-hydrogen) atoms. The molecule has 1 atom stereocenters. The van der Waals surface area contributed by atoms with Crippen molar-refractivity contribution < 1.29 is 4.79 Å². The van der Waals surface area contributed by atoms with Crippen molar-refractivity contribution in [3.8, 4) is 10.6 Å². The number of rotatable bonds is 5. The van der Waals surface area contributed by atoms with Crippen LogP contribution >= 0.6 is 11.3 Å². The summed E-state index contributed by atoms with van der Waals surface area (Å²) in [5.41, 5.74) is 3.30. The molecule has 0 bridgehead atoms. The highest BCUT2D eigenvalue weighted by Crippen LogP contribution is 2.34. The topological polar surface area (TPSA) is 72.7 Å². The van der Waals surface area contributed by atoms with E-state index in [4.69, 9.17) is 4.98 Å². The molecule has 0 radical (unpaired) electrons. The van der Waals surface area contributed by atoms with Gasteiger partial charge in [-0.1, -0.05) is 0 Å². The Kier molecular flexibility index (Phi) is 4.79. The third kappa shape index (κ3) is 3.53. The van der Waals surface area contributed by atoms with E-state index in [9.17, 15) is 4.79 Å². The molecule has 0 saturated carbocycles. The van der Waals surface area contributed by atoms with E-state index in [0.717, 1.165) is 47.6 Å². The van der Waals surface area contributed by atoms with Crippen LogP contribution in [-0.4, -0.2) is 32.2 Å². The van der Waals surface area contributed by atoms with Crippen molar-refractivity contribution in [1.82, 2.24) is 25.1 Å². The number of aryl methyl sites for hydroxylation is 2. The Balaban J connectivity index is 1.36. The molecule has 3 aromatic heterocycles. The van der Waals surface area contributed by atoms with Crippen LogP contribution in [0.4, 0.5) is 0 Å². The van der Waals surface area contributed by atoms with E-state index >= 15 is 0 Å². The summed E-state index contributed by atoms with van der Waals surface area (Å²) < 4.78 is 1.84. The normalized spacial score (nSPS) is 16.3. The molecule has 134 valence electrons.